The van der Waals surface area contributed by atoms with Crippen LogP contribution in [-0.2, 0) is 19.5 Å². The summed E-state index contributed by atoms with van der Waals surface area (Å²) in [4.78, 5) is 9.21. The number of guanidine groups is 1. The molecule has 0 bridgehead atoms. The molecule has 0 spiro atoms. The van der Waals surface area contributed by atoms with Gasteiger partial charge >= 0.3 is 0 Å². The Labute approximate surface area is 172 Å². The van der Waals surface area contributed by atoms with Gasteiger partial charge in [0.05, 0.1) is 13.7 Å². The van der Waals surface area contributed by atoms with Crippen LogP contribution >= 0.6 is 0 Å². The average molecular weight is 392 g/mol. The summed E-state index contributed by atoms with van der Waals surface area (Å²) in [6, 6.07) is 18.4. The second kappa shape index (κ2) is 10.9. The molecule has 0 fully saturated rings. The van der Waals surface area contributed by atoms with Crippen LogP contribution in [0.5, 0.6) is 5.75 Å². The summed E-state index contributed by atoms with van der Waals surface area (Å²) in [7, 11) is 1.68. The van der Waals surface area contributed by atoms with Crippen LogP contribution in [-0.4, -0.2) is 35.7 Å². The van der Waals surface area contributed by atoms with E-state index >= 15 is 0 Å². The zero-order valence-corrected chi connectivity index (χ0v) is 17.1. The largest absolute Gasteiger partial charge is 0.496 e. The summed E-state index contributed by atoms with van der Waals surface area (Å²) < 4.78 is 7.60. The fraction of sp³-hybridized carbons (Fsp3) is 0.304. The van der Waals surface area contributed by atoms with E-state index in [-0.39, 0.29) is 0 Å². The monoisotopic (exact) mass is 391 g/mol. The Morgan fingerprint density at radius 1 is 1.07 bits per heavy atom. The van der Waals surface area contributed by atoms with Gasteiger partial charge in [0.2, 0.25) is 0 Å². The van der Waals surface area contributed by atoms with Crippen molar-refractivity contribution in [2.45, 2.75) is 26.4 Å². The highest BCUT2D eigenvalue weighted by molar-refractivity contribution is 5.79. The van der Waals surface area contributed by atoms with Gasteiger partial charge in [-0.3, -0.25) is 0 Å². The van der Waals surface area contributed by atoms with Crippen LogP contribution in [0.15, 0.2) is 72.0 Å². The van der Waals surface area contributed by atoms with Gasteiger partial charge in [-0.25, -0.2) is 9.98 Å². The third kappa shape index (κ3) is 6.10. The van der Waals surface area contributed by atoms with Crippen molar-refractivity contribution < 1.29 is 4.74 Å². The normalized spacial score (nSPS) is 11.3. The van der Waals surface area contributed by atoms with Crippen molar-refractivity contribution in [1.82, 2.24) is 20.2 Å². The molecule has 0 atom stereocenters. The van der Waals surface area contributed by atoms with Crippen LogP contribution in [0, 0.1) is 0 Å². The summed E-state index contributed by atoms with van der Waals surface area (Å²) in [6.07, 6.45) is 4.71. The van der Waals surface area contributed by atoms with E-state index in [9.17, 15) is 0 Å². The minimum absolute atomic E-state index is 0.558. The molecule has 6 heteroatoms. The molecule has 3 rings (SSSR count). The van der Waals surface area contributed by atoms with Crippen LogP contribution in [0.3, 0.4) is 0 Å². The van der Waals surface area contributed by atoms with Crippen LogP contribution in [0.2, 0.25) is 0 Å². The van der Waals surface area contributed by atoms with E-state index in [0.29, 0.717) is 6.54 Å². The standard InChI is InChI=1S/C23H29N5O/c1-3-24-23(27-17-20-11-7-8-12-21(20)29-2)26-14-13-22-25-15-16-28(22)18-19-9-5-4-6-10-19/h4-12,15-16H,3,13-14,17-18H2,1-2H3,(H2,24,26,27). The van der Waals surface area contributed by atoms with Crippen LogP contribution in [0.25, 0.3) is 0 Å². The van der Waals surface area contributed by atoms with E-state index in [0.717, 1.165) is 49.2 Å². The molecule has 0 radical (unpaired) electrons. The third-order valence-corrected chi connectivity index (χ3v) is 4.58. The highest BCUT2D eigenvalue weighted by Crippen LogP contribution is 2.17. The topological polar surface area (TPSA) is 63.5 Å². The first kappa shape index (κ1) is 20.5. The van der Waals surface area contributed by atoms with Crippen LogP contribution in [0.4, 0.5) is 0 Å². The van der Waals surface area contributed by atoms with Gasteiger partial charge in [0, 0.05) is 44.0 Å². The first-order chi connectivity index (χ1) is 14.3. The van der Waals surface area contributed by atoms with E-state index in [2.05, 4.69) is 56.4 Å². The molecular weight excluding hydrogens is 362 g/mol. The number of hydrogen-bond donors (Lipinski definition) is 2. The lowest BCUT2D eigenvalue weighted by Crippen LogP contribution is -2.38. The number of nitrogens with zero attached hydrogens (tertiary/aromatic N) is 3. The van der Waals surface area contributed by atoms with E-state index in [4.69, 9.17) is 4.74 Å². The maximum atomic E-state index is 5.41. The first-order valence-corrected chi connectivity index (χ1v) is 9.98. The number of benzene rings is 2. The Balaban J connectivity index is 1.57. The molecule has 0 saturated carbocycles. The maximum Gasteiger partial charge on any atom is 0.191 e. The average Bonchev–Trinajstić information content (AvgIpc) is 3.19. The Bertz CT molecular complexity index is 904. The Morgan fingerprint density at radius 3 is 2.66 bits per heavy atom. The third-order valence-electron chi connectivity index (χ3n) is 4.58. The number of methoxy groups -OCH3 is 1. The molecule has 152 valence electrons. The summed E-state index contributed by atoms with van der Waals surface area (Å²) >= 11 is 0. The quantitative estimate of drug-likeness (QED) is 0.434. The molecule has 0 saturated heterocycles. The fourth-order valence-electron chi connectivity index (χ4n) is 3.12. The predicted octanol–water partition coefficient (Wildman–Crippen LogP) is 3.24. The van der Waals surface area contributed by atoms with Crippen molar-refractivity contribution in [1.29, 1.82) is 0 Å². The zero-order chi connectivity index (χ0) is 20.3. The molecule has 0 aliphatic carbocycles. The molecular formula is C23H29N5O. The number of ether oxygens (including phenoxy) is 1. The van der Waals surface area contributed by atoms with Gasteiger partial charge in [-0.1, -0.05) is 48.5 Å². The van der Waals surface area contributed by atoms with Gasteiger partial charge in [0.15, 0.2) is 5.96 Å². The number of imidazole rings is 1. The first-order valence-electron chi connectivity index (χ1n) is 9.98. The summed E-state index contributed by atoms with van der Waals surface area (Å²) in [5.41, 5.74) is 2.33. The summed E-state index contributed by atoms with van der Waals surface area (Å²) in [6.45, 7) is 5.01. The van der Waals surface area contributed by atoms with Gasteiger partial charge in [0.1, 0.15) is 11.6 Å². The van der Waals surface area contributed by atoms with Crippen molar-refractivity contribution in [3.8, 4) is 5.75 Å². The number of para-hydroxylation sites is 1. The van der Waals surface area contributed by atoms with Crippen LogP contribution < -0.4 is 15.4 Å². The molecule has 0 amide bonds. The summed E-state index contributed by atoms with van der Waals surface area (Å²) in [5, 5.41) is 6.70. The smallest absolute Gasteiger partial charge is 0.191 e. The molecule has 1 heterocycles. The van der Waals surface area contributed by atoms with Crippen molar-refractivity contribution in [2.24, 2.45) is 4.99 Å². The Morgan fingerprint density at radius 2 is 1.86 bits per heavy atom. The van der Waals surface area contributed by atoms with E-state index < -0.39 is 0 Å². The second-order valence-electron chi connectivity index (χ2n) is 6.64. The SMILES string of the molecule is CCNC(=NCc1ccccc1OC)NCCc1nccn1Cc1ccccc1. The Hall–Kier alpha value is -3.28. The summed E-state index contributed by atoms with van der Waals surface area (Å²) in [5.74, 6) is 2.71. The van der Waals surface area contributed by atoms with Gasteiger partial charge in [-0.05, 0) is 18.6 Å². The van der Waals surface area contributed by atoms with E-state index in [1.165, 1.54) is 5.56 Å². The van der Waals surface area contributed by atoms with Crippen molar-refractivity contribution in [3.63, 3.8) is 0 Å². The lowest BCUT2D eigenvalue weighted by atomic mass is 10.2. The molecule has 0 unspecified atom stereocenters. The van der Waals surface area contributed by atoms with E-state index in [1.54, 1.807) is 7.11 Å². The van der Waals surface area contributed by atoms with Gasteiger partial charge in [0.25, 0.3) is 0 Å². The molecule has 6 nitrogen and oxygen atoms in total. The number of nitrogens with one attached hydrogen (secondary N) is 2. The maximum absolute atomic E-state index is 5.41. The fourth-order valence-corrected chi connectivity index (χ4v) is 3.12. The Kier molecular flexibility index (Phi) is 7.69. The van der Waals surface area contributed by atoms with Crippen molar-refractivity contribution in [2.75, 3.05) is 20.2 Å². The molecule has 2 N–H and O–H groups in total. The molecule has 1 aromatic heterocycles. The highest BCUT2D eigenvalue weighted by atomic mass is 16.5. The number of hydrogen-bond acceptors (Lipinski definition) is 3. The number of rotatable bonds is 9. The van der Waals surface area contributed by atoms with Crippen LogP contribution in [0.1, 0.15) is 23.9 Å². The highest BCUT2D eigenvalue weighted by Gasteiger charge is 2.06. The van der Waals surface area contributed by atoms with Crippen molar-refractivity contribution >= 4 is 5.96 Å². The van der Waals surface area contributed by atoms with Gasteiger partial charge < -0.3 is 19.9 Å². The molecule has 3 aromatic rings. The lowest BCUT2D eigenvalue weighted by Gasteiger charge is -2.13. The molecule has 0 aliphatic rings. The predicted molar refractivity (Wildman–Crippen MR) is 117 cm³/mol. The van der Waals surface area contributed by atoms with Gasteiger partial charge in [-0.2, -0.15) is 0 Å². The zero-order valence-electron chi connectivity index (χ0n) is 17.1. The minimum Gasteiger partial charge on any atom is -0.496 e. The molecule has 29 heavy (non-hydrogen) atoms. The minimum atomic E-state index is 0.558. The molecule has 0 aliphatic heterocycles. The van der Waals surface area contributed by atoms with Gasteiger partial charge in [-0.15, -0.1) is 0 Å². The molecule has 2 aromatic carbocycles. The van der Waals surface area contributed by atoms with Crippen molar-refractivity contribution in [3.05, 3.63) is 83.9 Å². The lowest BCUT2D eigenvalue weighted by molar-refractivity contribution is 0.410. The van der Waals surface area contributed by atoms with E-state index in [1.807, 2.05) is 42.7 Å². The second-order valence-corrected chi connectivity index (χ2v) is 6.64. The number of aromatic nitrogens is 2. The number of aliphatic imine (C=N–C) groups is 1.